The zero-order valence-electron chi connectivity index (χ0n) is 13.7. The van der Waals surface area contributed by atoms with E-state index in [0.717, 1.165) is 24.6 Å². The van der Waals surface area contributed by atoms with Crippen LogP contribution in [0.5, 0.6) is 0 Å². The van der Waals surface area contributed by atoms with Gasteiger partial charge in [-0.2, -0.15) is 0 Å². The van der Waals surface area contributed by atoms with E-state index in [-0.39, 0.29) is 5.82 Å². The minimum atomic E-state index is -0.0782. The van der Waals surface area contributed by atoms with Crippen molar-refractivity contribution in [2.75, 3.05) is 13.6 Å². The van der Waals surface area contributed by atoms with E-state index in [2.05, 4.69) is 31.1 Å². The van der Waals surface area contributed by atoms with Crippen LogP contribution in [-0.2, 0) is 13.1 Å². The Morgan fingerprint density at radius 2 is 2.05 bits per heavy atom. The van der Waals surface area contributed by atoms with Gasteiger partial charge in [0.15, 0.2) is 0 Å². The van der Waals surface area contributed by atoms with E-state index in [9.17, 15) is 4.39 Å². The molecule has 0 amide bonds. The van der Waals surface area contributed by atoms with Gasteiger partial charge in [-0.1, -0.05) is 38.8 Å². The van der Waals surface area contributed by atoms with Crippen molar-refractivity contribution in [3.63, 3.8) is 0 Å². The van der Waals surface area contributed by atoms with Gasteiger partial charge >= 0.3 is 0 Å². The van der Waals surface area contributed by atoms with Crippen LogP contribution in [0.15, 0.2) is 18.2 Å². The summed E-state index contributed by atoms with van der Waals surface area (Å²) in [5.41, 5.74) is 1.99. The molecule has 2 atom stereocenters. The highest BCUT2D eigenvalue weighted by atomic mass is 19.1. The van der Waals surface area contributed by atoms with Crippen molar-refractivity contribution in [2.24, 2.45) is 5.92 Å². The Hall–Kier alpha value is -0.930. The van der Waals surface area contributed by atoms with Crippen LogP contribution >= 0.6 is 0 Å². The summed E-state index contributed by atoms with van der Waals surface area (Å²) in [6.45, 7) is 6.88. The van der Waals surface area contributed by atoms with Gasteiger partial charge in [0, 0.05) is 24.7 Å². The molecule has 0 bridgehead atoms. The Bertz CT molecular complexity index is 447. The monoisotopic (exact) mass is 292 g/mol. The van der Waals surface area contributed by atoms with Crippen LogP contribution in [-0.4, -0.2) is 24.5 Å². The maximum atomic E-state index is 14.1. The molecule has 3 heteroatoms. The summed E-state index contributed by atoms with van der Waals surface area (Å²) < 4.78 is 14.1. The van der Waals surface area contributed by atoms with Crippen molar-refractivity contribution in [1.82, 2.24) is 10.2 Å². The van der Waals surface area contributed by atoms with E-state index in [0.29, 0.717) is 12.6 Å². The number of nitrogens with zero attached hydrogens (tertiary/aromatic N) is 1. The van der Waals surface area contributed by atoms with Gasteiger partial charge < -0.3 is 5.32 Å². The summed E-state index contributed by atoms with van der Waals surface area (Å²) in [5.74, 6) is 0.641. The number of halogens is 1. The van der Waals surface area contributed by atoms with Gasteiger partial charge in [-0.25, -0.2) is 4.39 Å². The highest BCUT2D eigenvalue weighted by Gasteiger charge is 2.25. The van der Waals surface area contributed by atoms with E-state index in [4.69, 9.17) is 0 Å². The number of nitrogens with one attached hydrogen (secondary N) is 1. The van der Waals surface area contributed by atoms with E-state index in [1.807, 2.05) is 12.1 Å². The minimum absolute atomic E-state index is 0.0782. The lowest BCUT2D eigenvalue weighted by atomic mass is 9.85. The average molecular weight is 292 g/mol. The van der Waals surface area contributed by atoms with Crippen molar-refractivity contribution in [3.05, 3.63) is 35.1 Å². The maximum Gasteiger partial charge on any atom is 0.127 e. The topological polar surface area (TPSA) is 15.3 Å². The first-order valence-electron chi connectivity index (χ1n) is 8.30. The maximum absolute atomic E-state index is 14.1. The molecular weight excluding hydrogens is 263 g/mol. The zero-order chi connectivity index (χ0) is 15.2. The molecule has 0 radical (unpaired) electrons. The van der Waals surface area contributed by atoms with E-state index < -0.39 is 0 Å². The van der Waals surface area contributed by atoms with Crippen LogP contribution < -0.4 is 5.32 Å². The van der Waals surface area contributed by atoms with Crippen LogP contribution in [0.3, 0.4) is 0 Å². The van der Waals surface area contributed by atoms with Crippen molar-refractivity contribution >= 4 is 0 Å². The molecule has 0 heterocycles. The molecule has 1 aromatic rings. The largest absolute Gasteiger partial charge is 0.313 e. The van der Waals surface area contributed by atoms with Gasteiger partial charge in [-0.05, 0) is 44.0 Å². The molecule has 0 saturated heterocycles. The molecule has 1 fully saturated rings. The molecule has 2 unspecified atom stereocenters. The van der Waals surface area contributed by atoms with Gasteiger partial charge in [0.2, 0.25) is 0 Å². The second kappa shape index (κ2) is 7.90. The third-order valence-electron chi connectivity index (χ3n) is 4.74. The standard InChI is InChI=1S/C18H29FN2/c1-4-20-12-15-9-10-17(19)16(11-15)13-21(3)18-8-6-5-7-14(18)2/h9-11,14,18,20H,4-8,12-13H2,1-3H3. The molecule has 1 saturated carbocycles. The quantitative estimate of drug-likeness (QED) is 0.854. The zero-order valence-corrected chi connectivity index (χ0v) is 13.7. The Morgan fingerprint density at radius 3 is 2.76 bits per heavy atom. The van der Waals surface area contributed by atoms with Crippen LogP contribution in [0.25, 0.3) is 0 Å². The first-order valence-corrected chi connectivity index (χ1v) is 8.30. The second-order valence-corrected chi connectivity index (χ2v) is 6.45. The molecule has 0 aliphatic heterocycles. The van der Waals surface area contributed by atoms with E-state index in [1.165, 1.54) is 31.2 Å². The normalized spacial score (nSPS) is 22.7. The molecule has 1 aliphatic rings. The SMILES string of the molecule is CCNCc1ccc(F)c(CN(C)C2CCCCC2C)c1. The summed E-state index contributed by atoms with van der Waals surface area (Å²) >= 11 is 0. The first kappa shape index (κ1) is 16.4. The van der Waals surface area contributed by atoms with Crippen molar-refractivity contribution in [2.45, 2.75) is 58.7 Å². The third-order valence-corrected chi connectivity index (χ3v) is 4.74. The highest BCUT2D eigenvalue weighted by molar-refractivity contribution is 5.25. The molecule has 2 nitrogen and oxygen atoms in total. The lowest BCUT2D eigenvalue weighted by Crippen LogP contribution is -2.38. The molecule has 0 spiro atoms. The van der Waals surface area contributed by atoms with Gasteiger partial charge in [0.1, 0.15) is 5.82 Å². The average Bonchev–Trinajstić information content (AvgIpc) is 2.48. The number of hydrogen-bond donors (Lipinski definition) is 1. The van der Waals surface area contributed by atoms with Crippen molar-refractivity contribution in [3.8, 4) is 0 Å². The summed E-state index contributed by atoms with van der Waals surface area (Å²) in [5, 5.41) is 3.30. The fourth-order valence-electron chi connectivity index (χ4n) is 3.47. The summed E-state index contributed by atoms with van der Waals surface area (Å²) in [4.78, 5) is 2.35. The van der Waals surface area contributed by atoms with Crippen molar-refractivity contribution in [1.29, 1.82) is 0 Å². The number of hydrogen-bond acceptors (Lipinski definition) is 2. The van der Waals surface area contributed by atoms with E-state index >= 15 is 0 Å². The van der Waals surface area contributed by atoms with Crippen LogP contribution in [0.4, 0.5) is 4.39 Å². The fraction of sp³-hybridized carbons (Fsp3) is 0.667. The summed E-state index contributed by atoms with van der Waals surface area (Å²) in [6, 6.07) is 6.10. The molecule has 2 rings (SSSR count). The van der Waals surface area contributed by atoms with Gasteiger partial charge in [0.05, 0.1) is 0 Å². The fourth-order valence-corrected chi connectivity index (χ4v) is 3.47. The lowest BCUT2D eigenvalue weighted by Gasteiger charge is -2.36. The minimum Gasteiger partial charge on any atom is -0.313 e. The Morgan fingerprint density at radius 1 is 1.29 bits per heavy atom. The van der Waals surface area contributed by atoms with Gasteiger partial charge in [-0.3, -0.25) is 4.90 Å². The predicted molar refractivity (Wildman–Crippen MR) is 86.7 cm³/mol. The molecule has 0 aromatic heterocycles. The third kappa shape index (κ3) is 4.52. The molecule has 1 aromatic carbocycles. The Kier molecular flexibility index (Phi) is 6.19. The van der Waals surface area contributed by atoms with Gasteiger partial charge in [0.25, 0.3) is 0 Å². The number of rotatable bonds is 6. The molecule has 1 aliphatic carbocycles. The van der Waals surface area contributed by atoms with Crippen LogP contribution in [0.1, 0.15) is 50.7 Å². The van der Waals surface area contributed by atoms with Gasteiger partial charge in [-0.15, -0.1) is 0 Å². The van der Waals surface area contributed by atoms with Crippen LogP contribution in [0.2, 0.25) is 0 Å². The summed E-state index contributed by atoms with van der Waals surface area (Å²) in [7, 11) is 2.14. The molecule has 1 N–H and O–H groups in total. The Labute approximate surface area is 128 Å². The van der Waals surface area contributed by atoms with Crippen LogP contribution in [0, 0.1) is 11.7 Å². The Balaban J connectivity index is 2.03. The molecular formula is C18H29FN2. The predicted octanol–water partition coefficient (Wildman–Crippen LogP) is 3.95. The summed E-state index contributed by atoms with van der Waals surface area (Å²) in [6.07, 6.45) is 5.20. The highest BCUT2D eigenvalue weighted by Crippen LogP contribution is 2.28. The molecule has 21 heavy (non-hydrogen) atoms. The molecule has 118 valence electrons. The first-order chi connectivity index (χ1) is 10.1. The van der Waals surface area contributed by atoms with E-state index in [1.54, 1.807) is 6.07 Å². The number of benzene rings is 1. The smallest absolute Gasteiger partial charge is 0.127 e. The second-order valence-electron chi connectivity index (χ2n) is 6.45. The lowest BCUT2D eigenvalue weighted by molar-refractivity contribution is 0.132. The van der Waals surface area contributed by atoms with Crippen molar-refractivity contribution < 1.29 is 4.39 Å².